The molecular weight excluding hydrogens is 661 g/mol. The fraction of sp³-hybridized carbons (Fsp3) is 0.548. The van der Waals surface area contributed by atoms with E-state index in [-0.39, 0.29) is 70.0 Å². The van der Waals surface area contributed by atoms with Gasteiger partial charge in [-0.2, -0.15) is 0 Å². The van der Waals surface area contributed by atoms with E-state index in [1.165, 1.54) is 0 Å². The monoisotopic (exact) mass is 703 g/mol. The van der Waals surface area contributed by atoms with Gasteiger partial charge in [-0.05, 0) is 54.4 Å². The Morgan fingerprint density at radius 1 is 0.978 bits per heavy atom. The number of aliphatic hydroxyl groups excluding tert-OH is 2. The zero-order valence-electron chi connectivity index (χ0n) is 26.0. The molecule has 1 amide bonds. The van der Waals surface area contributed by atoms with Gasteiger partial charge in [-0.15, -0.1) is 0 Å². The lowest BCUT2D eigenvalue weighted by Crippen LogP contribution is -2.46. The second-order valence-corrected chi connectivity index (χ2v) is 13.5. The first kappa shape index (κ1) is 38.3. The van der Waals surface area contributed by atoms with Gasteiger partial charge in [-0.25, -0.2) is 13.1 Å². The van der Waals surface area contributed by atoms with Gasteiger partial charge in [0.2, 0.25) is 10.0 Å². The lowest BCUT2D eigenvalue weighted by molar-refractivity contribution is -0.145. The second kappa shape index (κ2) is 19.0. The number of Topliss-reactive ketones (excluding diaryl/α,β-unsaturated/α-hetero) is 1. The first-order valence-corrected chi connectivity index (χ1v) is 17.3. The molecule has 0 radical (unpaired) electrons. The van der Waals surface area contributed by atoms with Crippen molar-refractivity contribution in [2.45, 2.75) is 49.3 Å². The number of hydrogen-bond donors (Lipinski definition) is 4. The molecular formula is C31H43Cl2N3O9S. The standard InChI is InChI=1S/C31H43Cl2N3O9S/c1-3-5-28(37)29(38)30(39)31(40)34-8-10-43-12-14-45-15-13-44-11-9-35-46(41,42)23-7-4-6-21(16-23)25-19-36(2)20-26-24(25)17-22(32)18-27(26)33/h4,6-7,16-18,25,29-30,35,38-39H,3,5,8-15,19-20H2,1-2H3,(H,34,40)/t25-,29+,30-/m0/s1. The SMILES string of the molecule is CCCC(=O)[C@@H](O)[C@H](O)C(=O)NCCOCCOCCOCCNS(=O)(=O)c1cccc([C@@H]2CN(C)Cc3c(Cl)cc(Cl)cc32)c1. The third-order valence-corrected chi connectivity index (χ3v) is 9.30. The highest BCUT2D eigenvalue weighted by Crippen LogP contribution is 2.38. The molecule has 0 spiro atoms. The smallest absolute Gasteiger partial charge is 0.252 e. The van der Waals surface area contributed by atoms with E-state index in [0.717, 1.165) is 16.7 Å². The van der Waals surface area contributed by atoms with Crippen molar-refractivity contribution in [2.24, 2.45) is 0 Å². The molecule has 0 saturated carbocycles. The first-order valence-electron chi connectivity index (χ1n) is 15.1. The van der Waals surface area contributed by atoms with Crippen LogP contribution in [0, 0.1) is 0 Å². The van der Waals surface area contributed by atoms with Gasteiger partial charge in [-0.3, -0.25) is 9.59 Å². The Balaban J connectivity index is 1.30. The molecule has 2 aromatic rings. The Labute approximate surface area is 280 Å². The number of nitrogens with one attached hydrogen (secondary N) is 2. The zero-order chi connectivity index (χ0) is 33.7. The number of ketones is 1. The van der Waals surface area contributed by atoms with E-state index < -0.39 is 33.9 Å². The minimum absolute atomic E-state index is 0.0798. The zero-order valence-corrected chi connectivity index (χ0v) is 28.4. The number of carbonyl (C=O) groups is 2. The van der Waals surface area contributed by atoms with E-state index in [0.29, 0.717) is 29.6 Å². The number of aliphatic hydroxyl groups is 2. The van der Waals surface area contributed by atoms with Gasteiger partial charge in [0.15, 0.2) is 11.9 Å². The summed E-state index contributed by atoms with van der Waals surface area (Å²) >= 11 is 12.8. The summed E-state index contributed by atoms with van der Waals surface area (Å²) in [5.74, 6) is -1.52. The molecule has 0 unspecified atom stereocenters. The number of benzene rings is 2. The molecule has 46 heavy (non-hydrogen) atoms. The average Bonchev–Trinajstić information content (AvgIpc) is 3.02. The maximum atomic E-state index is 13.0. The Morgan fingerprint density at radius 3 is 2.30 bits per heavy atom. The fourth-order valence-electron chi connectivity index (χ4n) is 4.97. The summed E-state index contributed by atoms with van der Waals surface area (Å²) in [6.07, 6.45) is -2.98. The molecule has 3 atom stereocenters. The van der Waals surface area contributed by atoms with Crippen molar-refractivity contribution < 1.29 is 42.4 Å². The van der Waals surface area contributed by atoms with Crippen LogP contribution in [0.2, 0.25) is 10.0 Å². The summed E-state index contributed by atoms with van der Waals surface area (Å²) in [5, 5.41) is 23.0. The number of rotatable bonds is 20. The first-order chi connectivity index (χ1) is 21.9. The molecule has 1 aliphatic rings. The Kier molecular flexibility index (Phi) is 15.8. The normalized spacial score (nSPS) is 16.5. The second-order valence-electron chi connectivity index (χ2n) is 10.9. The molecule has 12 nitrogen and oxygen atoms in total. The van der Waals surface area contributed by atoms with E-state index in [2.05, 4.69) is 14.9 Å². The van der Waals surface area contributed by atoms with E-state index >= 15 is 0 Å². The lowest BCUT2D eigenvalue weighted by atomic mass is 9.85. The van der Waals surface area contributed by atoms with E-state index in [1.807, 2.05) is 19.2 Å². The number of nitrogens with zero attached hydrogens (tertiary/aromatic N) is 1. The van der Waals surface area contributed by atoms with Crippen LogP contribution in [0.4, 0.5) is 0 Å². The molecule has 1 aliphatic heterocycles. The Hall–Kier alpha value is -2.17. The van der Waals surface area contributed by atoms with Crippen LogP contribution in [0.5, 0.6) is 0 Å². The summed E-state index contributed by atoms with van der Waals surface area (Å²) < 4.78 is 44.8. The highest BCUT2D eigenvalue weighted by atomic mass is 35.5. The third-order valence-electron chi connectivity index (χ3n) is 7.29. The minimum Gasteiger partial charge on any atom is -0.382 e. The third kappa shape index (κ3) is 11.5. The number of carbonyl (C=O) groups excluding carboxylic acids is 2. The van der Waals surface area contributed by atoms with Gasteiger partial charge >= 0.3 is 0 Å². The van der Waals surface area contributed by atoms with Crippen molar-refractivity contribution in [3.05, 3.63) is 63.1 Å². The summed E-state index contributed by atoms with van der Waals surface area (Å²) in [7, 11) is -1.78. The Bertz CT molecular complexity index is 1410. The molecule has 2 aromatic carbocycles. The van der Waals surface area contributed by atoms with Crippen LogP contribution >= 0.6 is 23.2 Å². The van der Waals surface area contributed by atoms with Crippen LogP contribution in [-0.2, 0) is 40.4 Å². The predicted octanol–water partition coefficient (Wildman–Crippen LogP) is 2.11. The number of sulfonamides is 1. The fourth-order valence-corrected chi connectivity index (χ4v) is 6.60. The molecule has 0 fully saturated rings. The summed E-state index contributed by atoms with van der Waals surface area (Å²) in [4.78, 5) is 25.7. The molecule has 0 bridgehead atoms. The van der Waals surface area contributed by atoms with Crippen molar-refractivity contribution in [1.29, 1.82) is 0 Å². The molecule has 15 heteroatoms. The number of ether oxygens (including phenoxy) is 3. The molecule has 4 N–H and O–H groups in total. The minimum atomic E-state index is -3.77. The van der Waals surface area contributed by atoms with Crippen LogP contribution in [0.15, 0.2) is 41.3 Å². The van der Waals surface area contributed by atoms with Crippen LogP contribution in [-0.4, -0.2) is 114 Å². The number of amides is 1. The highest BCUT2D eigenvalue weighted by Gasteiger charge is 2.30. The van der Waals surface area contributed by atoms with Crippen molar-refractivity contribution in [3.63, 3.8) is 0 Å². The van der Waals surface area contributed by atoms with E-state index in [1.54, 1.807) is 31.2 Å². The molecule has 3 rings (SSSR count). The summed E-state index contributed by atoms with van der Waals surface area (Å²) in [6.45, 7) is 4.65. The molecule has 0 aliphatic carbocycles. The van der Waals surface area contributed by atoms with Gasteiger partial charge in [0, 0.05) is 48.6 Å². The Morgan fingerprint density at radius 2 is 1.63 bits per heavy atom. The summed E-state index contributed by atoms with van der Waals surface area (Å²) in [5.41, 5.74) is 2.84. The maximum Gasteiger partial charge on any atom is 0.252 e. The number of halogens is 2. The van der Waals surface area contributed by atoms with Gasteiger partial charge in [0.05, 0.1) is 44.5 Å². The number of hydrogen-bond acceptors (Lipinski definition) is 10. The number of likely N-dealkylation sites (N-methyl/N-ethyl adjacent to an activating group) is 1. The van der Waals surface area contributed by atoms with Crippen molar-refractivity contribution >= 4 is 44.9 Å². The van der Waals surface area contributed by atoms with Crippen molar-refractivity contribution in [2.75, 3.05) is 66.3 Å². The van der Waals surface area contributed by atoms with Crippen molar-refractivity contribution in [1.82, 2.24) is 14.9 Å². The largest absolute Gasteiger partial charge is 0.382 e. The number of fused-ring (bicyclic) bond motifs is 1. The highest BCUT2D eigenvalue weighted by molar-refractivity contribution is 7.89. The van der Waals surface area contributed by atoms with Gasteiger partial charge in [-0.1, -0.05) is 42.3 Å². The van der Waals surface area contributed by atoms with Crippen LogP contribution in [0.1, 0.15) is 42.4 Å². The van der Waals surface area contributed by atoms with Gasteiger partial charge < -0.3 is 34.6 Å². The van der Waals surface area contributed by atoms with Gasteiger partial charge in [0.25, 0.3) is 5.91 Å². The predicted molar refractivity (Wildman–Crippen MR) is 174 cm³/mol. The molecule has 0 aromatic heterocycles. The average molecular weight is 705 g/mol. The lowest BCUT2D eigenvalue weighted by Gasteiger charge is -2.33. The van der Waals surface area contributed by atoms with Crippen LogP contribution < -0.4 is 10.0 Å². The maximum absolute atomic E-state index is 13.0. The van der Waals surface area contributed by atoms with Crippen LogP contribution in [0.3, 0.4) is 0 Å². The van der Waals surface area contributed by atoms with Crippen LogP contribution in [0.25, 0.3) is 0 Å². The van der Waals surface area contributed by atoms with Crippen molar-refractivity contribution in [3.8, 4) is 0 Å². The molecule has 1 heterocycles. The quantitative estimate of drug-likeness (QED) is 0.150. The van der Waals surface area contributed by atoms with Gasteiger partial charge in [0.1, 0.15) is 6.10 Å². The topological polar surface area (TPSA) is 164 Å². The van der Waals surface area contributed by atoms with E-state index in [9.17, 15) is 28.2 Å². The summed E-state index contributed by atoms with van der Waals surface area (Å²) in [6, 6.07) is 10.5. The molecule has 0 saturated heterocycles. The van der Waals surface area contributed by atoms with E-state index in [4.69, 9.17) is 37.4 Å². The molecule has 256 valence electrons.